The summed E-state index contributed by atoms with van der Waals surface area (Å²) in [5.41, 5.74) is -0.448. The number of aliphatic hydroxyl groups is 1. The number of halogens is 3. The molecule has 0 saturated heterocycles. The number of aliphatic hydroxyl groups excluding tert-OH is 1. The zero-order valence-corrected chi connectivity index (χ0v) is 14.0. The average molecular weight is 375 g/mol. The molecule has 4 rings (SSSR count). The number of aromatic hydroxyl groups is 1. The summed E-state index contributed by atoms with van der Waals surface area (Å²) in [4.78, 5) is 0. The maximum Gasteiger partial charge on any atom is 0.416 e. The van der Waals surface area contributed by atoms with Crippen LogP contribution in [-0.2, 0) is 6.18 Å². The van der Waals surface area contributed by atoms with Crippen molar-refractivity contribution in [3.05, 3.63) is 48.0 Å². The van der Waals surface area contributed by atoms with E-state index in [0.29, 0.717) is 35.8 Å². The smallest absolute Gasteiger partial charge is 0.416 e. The van der Waals surface area contributed by atoms with Crippen LogP contribution >= 0.6 is 0 Å². The second-order valence-corrected chi connectivity index (χ2v) is 6.64. The molecule has 0 bridgehead atoms. The van der Waals surface area contributed by atoms with Gasteiger partial charge in [0.2, 0.25) is 0 Å². The van der Waals surface area contributed by atoms with Crippen LogP contribution in [0.3, 0.4) is 0 Å². The molecular formula is C19H16F3N3O2. The summed E-state index contributed by atoms with van der Waals surface area (Å²) < 4.78 is 38.5. The number of phenolic OH excluding ortho intramolecular Hbond substituents is 1. The first-order valence-electron chi connectivity index (χ1n) is 8.43. The van der Waals surface area contributed by atoms with Crippen molar-refractivity contribution >= 4 is 16.6 Å². The minimum Gasteiger partial charge on any atom is -0.507 e. The molecule has 3 N–H and O–H groups in total. The quantitative estimate of drug-likeness (QED) is 0.646. The second-order valence-electron chi connectivity index (χ2n) is 6.64. The van der Waals surface area contributed by atoms with Crippen molar-refractivity contribution in [2.75, 3.05) is 5.32 Å². The number of nitrogens with zero attached hydrogens (tertiary/aromatic N) is 2. The number of hydrogen-bond acceptors (Lipinski definition) is 5. The van der Waals surface area contributed by atoms with Gasteiger partial charge in [0.1, 0.15) is 11.4 Å². The van der Waals surface area contributed by atoms with Gasteiger partial charge in [0.05, 0.1) is 11.7 Å². The Morgan fingerprint density at radius 2 is 1.70 bits per heavy atom. The molecule has 1 aliphatic rings. The van der Waals surface area contributed by atoms with Crippen LogP contribution < -0.4 is 5.32 Å². The second kappa shape index (κ2) is 6.38. The van der Waals surface area contributed by atoms with Gasteiger partial charge in [-0.05, 0) is 31.0 Å². The van der Waals surface area contributed by atoms with Gasteiger partial charge in [-0.1, -0.05) is 24.3 Å². The van der Waals surface area contributed by atoms with Crippen molar-refractivity contribution < 1.29 is 23.4 Å². The first-order valence-corrected chi connectivity index (χ1v) is 8.43. The summed E-state index contributed by atoms with van der Waals surface area (Å²) in [6.07, 6.45) is -3.61. The molecule has 1 heterocycles. The molecule has 0 aliphatic heterocycles. The van der Waals surface area contributed by atoms with Gasteiger partial charge < -0.3 is 15.5 Å². The van der Waals surface area contributed by atoms with Crippen LogP contribution in [0.2, 0.25) is 0 Å². The molecule has 0 unspecified atom stereocenters. The number of hydrogen-bond donors (Lipinski definition) is 3. The predicted octanol–water partition coefficient (Wildman–Crippen LogP) is 3.96. The van der Waals surface area contributed by atoms with Crippen molar-refractivity contribution in [2.45, 2.75) is 31.2 Å². The van der Waals surface area contributed by atoms with E-state index in [1.165, 1.54) is 6.07 Å². The molecule has 1 aromatic heterocycles. The third-order valence-corrected chi connectivity index (χ3v) is 4.72. The molecule has 2 aromatic carbocycles. The van der Waals surface area contributed by atoms with Crippen LogP contribution in [0.5, 0.6) is 5.75 Å². The molecule has 1 saturated carbocycles. The number of nitrogens with one attached hydrogen (secondary N) is 1. The molecule has 0 radical (unpaired) electrons. The van der Waals surface area contributed by atoms with Gasteiger partial charge in [-0.15, -0.1) is 10.2 Å². The molecule has 3 aromatic rings. The fourth-order valence-corrected chi connectivity index (χ4v) is 3.22. The lowest BCUT2D eigenvalue weighted by Gasteiger charge is -2.32. The zero-order valence-electron chi connectivity index (χ0n) is 14.0. The number of phenols is 1. The van der Waals surface area contributed by atoms with E-state index >= 15 is 0 Å². The first kappa shape index (κ1) is 17.5. The normalized spacial score (nSPS) is 19.7. The Bertz CT molecular complexity index is 1000. The maximum absolute atomic E-state index is 12.8. The molecule has 5 nitrogen and oxygen atoms in total. The van der Waals surface area contributed by atoms with Crippen molar-refractivity contribution in [1.29, 1.82) is 0 Å². The molecule has 1 aliphatic carbocycles. The van der Waals surface area contributed by atoms with Gasteiger partial charge in [0, 0.05) is 22.4 Å². The predicted molar refractivity (Wildman–Crippen MR) is 94.3 cm³/mol. The summed E-state index contributed by atoms with van der Waals surface area (Å²) in [5, 5.41) is 32.5. The Kier molecular flexibility index (Phi) is 4.15. The van der Waals surface area contributed by atoms with Crippen molar-refractivity contribution in [2.24, 2.45) is 0 Å². The number of anilines is 1. The van der Waals surface area contributed by atoms with Crippen LogP contribution in [0, 0.1) is 0 Å². The molecule has 0 amide bonds. The molecule has 8 heteroatoms. The van der Waals surface area contributed by atoms with E-state index in [-0.39, 0.29) is 17.7 Å². The van der Waals surface area contributed by atoms with Crippen molar-refractivity contribution in [3.63, 3.8) is 0 Å². The molecular weight excluding hydrogens is 359 g/mol. The summed E-state index contributed by atoms with van der Waals surface area (Å²) >= 11 is 0. The molecule has 0 atom stereocenters. The SMILES string of the molecule is Oc1cc(C(F)(F)F)ccc1-c1nnc(NC2CC(O)C2)c2ccccc12. The van der Waals surface area contributed by atoms with E-state index < -0.39 is 17.5 Å². The number of fused-ring (bicyclic) bond motifs is 1. The van der Waals surface area contributed by atoms with E-state index in [2.05, 4.69) is 15.5 Å². The topological polar surface area (TPSA) is 78.3 Å². The highest BCUT2D eigenvalue weighted by Crippen LogP contribution is 2.39. The Balaban J connectivity index is 1.77. The first-order chi connectivity index (χ1) is 12.8. The van der Waals surface area contributed by atoms with Gasteiger partial charge >= 0.3 is 6.18 Å². The standard InChI is InChI=1S/C19H16F3N3O2/c20-19(21,22)10-5-6-15(16(27)7-10)17-13-3-1-2-4-14(13)18(25-24-17)23-11-8-12(26)9-11/h1-7,11-12,26-27H,8-9H2,(H,23,25). The van der Waals surface area contributed by atoms with E-state index in [0.717, 1.165) is 11.5 Å². The highest BCUT2D eigenvalue weighted by Gasteiger charge is 2.31. The molecule has 140 valence electrons. The minimum absolute atomic E-state index is 0.100. The zero-order chi connectivity index (χ0) is 19.2. The average Bonchev–Trinajstić information content (AvgIpc) is 2.60. The van der Waals surface area contributed by atoms with Crippen LogP contribution in [0.4, 0.5) is 19.0 Å². The number of benzene rings is 2. The lowest BCUT2D eigenvalue weighted by Crippen LogP contribution is -2.39. The van der Waals surface area contributed by atoms with E-state index in [9.17, 15) is 23.4 Å². The van der Waals surface area contributed by atoms with E-state index in [4.69, 9.17) is 0 Å². The number of aromatic nitrogens is 2. The highest BCUT2D eigenvalue weighted by atomic mass is 19.4. The lowest BCUT2D eigenvalue weighted by atomic mass is 9.89. The largest absolute Gasteiger partial charge is 0.507 e. The van der Waals surface area contributed by atoms with Gasteiger partial charge in [-0.2, -0.15) is 13.2 Å². The Morgan fingerprint density at radius 1 is 1.00 bits per heavy atom. The van der Waals surface area contributed by atoms with Crippen LogP contribution in [-0.4, -0.2) is 32.6 Å². The third kappa shape index (κ3) is 3.28. The Labute approximate surface area is 152 Å². The Hall–Kier alpha value is -2.87. The summed E-state index contributed by atoms with van der Waals surface area (Å²) in [5.74, 6) is 0.0322. The van der Waals surface area contributed by atoms with Gasteiger partial charge in [-0.3, -0.25) is 0 Å². The fourth-order valence-electron chi connectivity index (χ4n) is 3.22. The van der Waals surface area contributed by atoms with Crippen LogP contribution in [0.1, 0.15) is 18.4 Å². The molecule has 27 heavy (non-hydrogen) atoms. The molecule has 0 spiro atoms. The maximum atomic E-state index is 12.8. The van der Waals surface area contributed by atoms with Crippen LogP contribution in [0.25, 0.3) is 22.0 Å². The third-order valence-electron chi connectivity index (χ3n) is 4.72. The highest BCUT2D eigenvalue weighted by molar-refractivity contribution is 6.00. The van der Waals surface area contributed by atoms with E-state index in [1.807, 2.05) is 12.1 Å². The Morgan fingerprint density at radius 3 is 2.33 bits per heavy atom. The van der Waals surface area contributed by atoms with Gasteiger partial charge in [-0.25, -0.2) is 0 Å². The summed E-state index contributed by atoms with van der Waals surface area (Å²) in [7, 11) is 0. The van der Waals surface area contributed by atoms with Gasteiger partial charge in [0.15, 0.2) is 5.82 Å². The van der Waals surface area contributed by atoms with Gasteiger partial charge in [0.25, 0.3) is 0 Å². The summed E-state index contributed by atoms with van der Waals surface area (Å²) in [6, 6.07) is 10.1. The lowest BCUT2D eigenvalue weighted by molar-refractivity contribution is -0.137. The molecule has 1 fully saturated rings. The van der Waals surface area contributed by atoms with E-state index in [1.54, 1.807) is 12.1 Å². The fraction of sp³-hybridized carbons (Fsp3) is 0.263. The monoisotopic (exact) mass is 375 g/mol. The van der Waals surface area contributed by atoms with Crippen molar-refractivity contribution in [3.8, 4) is 17.0 Å². The van der Waals surface area contributed by atoms with Crippen LogP contribution in [0.15, 0.2) is 42.5 Å². The minimum atomic E-state index is -4.54. The summed E-state index contributed by atoms with van der Waals surface area (Å²) in [6.45, 7) is 0. The van der Waals surface area contributed by atoms with Crippen molar-refractivity contribution in [1.82, 2.24) is 10.2 Å². The number of rotatable bonds is 3. The number of alkyl halides is 3.